The number of primary amides is 1. The average molecular weight is 436 g/mol. The summed E-state index contributed by atoms with van der Waals surface area (Å²) in [5.74, 6) is -1.12. The number of rotatable bonds is 4. The van der Waals surface area contributed by atoms with E-state index in [0.29, 0.717) is 11.4 Å². The van der Waals surface area contributed by atoms with Crippen molar-refractivity contribution in [2.24, 2.45) is 5.73 Å². The van der Waals surface area contributed by atoms with Crippen LogP contribution in [-0.4, -0.2) is 26.2 Å². The molecule has 0 fully saturated rings. The number of aromatic nitrogens is 3. The van der Waals surface area contributed by atoms with Crippen LogP contribution in [0.4, 0.5) is 5.69 Å². The topological polar surface area (TPSA) is 102 Å². The van der Waals surface area contributed by atoms with Crippen molar-refractivity contribution in [3.8, 4) is 11.3 Å². The number of hydrogen-bond donors (Lipinski definition) is 2. The van der Waals surface area contributed by atoms with Crippen LogP contribution in [-0.2, 0) is 0 Å². The lowest BCUT2D eigenvalue weighted by Gasteiger charge is -2.10. The van der Waals surface area contributed by atoms with Crippen LogP contribution >= 0.6 is 15.9 Å². The fourth-order valence-corrected chi connectivity index (χ4v) is 3.25. The molecular formula is C20H14BrN5O2. The molecule has 0 spiro atoms. The third-order valence-corrected chi connectivity index (χ3v) is 4.61. The van der Waals surface area contributed by atoms with Gasteiger partial charge in [0.15, 0.2) is 11.3 Å². The molecule has 4 rings (SSSR count). The van der Waals surface area contributed by atoms with E-state index >= 15 is 0 Å². The summed E-state index contributed by atoms with van der Waals surface area (Å²) in [6.45, 7) is 0. The van der Waals surface area contributed by atoms with Crippen molar-refractivity contribution in [3.63, 3.8) is 0 Å². The van der Waals surface area contributed by atoms with Gasteiger partial charge in [-0.15, -0.1) is 0 Å². The van der Waals surface area contributed by atoms with E-state index in [-0.39, 0.29) is 17.0 Å². The molecule has 0 aliphatic rings. The van der Waals surface area contributed by atoms with Gasteiger partial charge in [-0.2, -0.15) is 0 Å². The number of carbonyl (C=O) groups is 2. The Morgan fingerprint density at radius 2 is 1.82 bits per heavy atom. The smallest absolute Gasteiger partial charge is 0.274 e. The van der Waals surface area contributed by atoms with Gasteiger partial charge in [-0.1, -0.05) is 52.3 Å². The largest absolute Gasteiger partial charge is 0.364 e. The number of anilines is 1. The van der Waals surface area contributed by atoms with Gasteiger partial charge >= 0.3 is 0 Å². The number of nitrogens with one attached hydrogen (secondary N) is 1. The summed E-state index contributed by atoms with van der Waals surface area (Å²) in [5.41, 5.74) is 7.94. The predicted molar refractivity (Wildman–Crippen MR) is 109 cm³/mol. The predicted octanol–water partition coefficient (Wildman–Crippen LogP) is 3.51. The van der Waals surface area contributed by atoms with Gasteiger partial charge in [0, 0.05) is 10.2 Å². The third-order valence-electron chi connectivity index (χ3n) is 4.12. The summed E-state index contributed by atoms with van der Waals surface area (Å²) < 4.78 is 2.48. The number of nitrogens with zero attached hydrogens (tertiary/aromatic N) is 3. The lowest BCUT2D eigenvalue weighted by molar-refractivity contribution is 0.0993. The molecule has 2 aromatic heterocycles. The first-order valence-corrected chi connectivity index (χ1v) is 9.12. The van der Waals surface area contributed by atoms with E-state index in [9.17, 15) is 9.59 Å². The van der Waals surface area contributed by atoms with Crippen molar-refractivity contribution in [2.45, 2.75) is 0 Å². The first-order chi connectivity index (χ1) is 13.5. The number of fused-ring (bicyclic) bond motifs is 1. The van der Waals surface area contributed by atoms with Crippen LogP contribution in [0.5, 0.6) is 0 Å². The lowest BCUT2D eigenvalue weighted by atomic mass is 10.1. The maximum absolute atomic E-state index is 12.8. The maximum Gasteiger partial charge on any atom is 0.274 e. The Bertz CT molecular complexity index is 1200. The summed E-state index contributed by atoms with van der Waals surface area (Å²) in [4.78, 5) is 33.0. The van der Waals surface area contributed by atoms with Crippen LogP contribution in [0.1, 0.15) is 21.0 Å². The highest BCUT2D eigenvalue weighted by Gasteiger charge is 2.19. The van der Waals surface area contributed by atoms with Gasteiger partial charge in [-0.25, -0.2) is 9.97 Å². The molecule has 0 saturated carbocycles. The Kier molecular flexibility index (Phi) is 4.62. The molecular weight excluding hydrogens is 422 g/mol. The quantitative estimate of drug-likeness (QED) is 0.511. The molecule has 0 unspecified atom stereocenters. The summed E-state index contributed by atoms with van der Waals surface area (Å²) >= 11 is 3.37. The molecule has 8 heteroatoms. The summed E-state index contributed by atoms with van der Waals surface area (Å²) in [5, 5.41) is 2.81. The molecule has 0 bridgehead atoms. The van der Waals surface area contributed by atoms with Gasteiger partial charge in [0.2, 0.25) is 0 Å². The molecule has 28 heavy (non-hydrogen) atoms. The first kappa shape index (κ1) is 17.9. The van der Waals surface area contributed by atoms with E-state index in [1.165, 1.54) is 6.33 Å². The molecule has 0 aliphatic carbocycles. The number of hydrogen-bond acceptors (Lipinski definition) is 4. The van der Waals surface area contributed by atoms with Crippen molar-refractivity contribution in [3.05, 3.63) is 82.9 Å². The third kappa shape index (κ3) is 3.37. The monoisotopic (exact) mass is 435 g/mol. The Labute approximate surface area is 168 Å². The van der Waals surface area contributed by atoms with Crippen molar-refractivity contribution in [1.82, 2.24) is 14.4 Å². The van der Waals surface area contributed by atoms with Gasteiger partial charge in [-0.05, 0) is 29.8 Å². The minimum atomic E-state index is -0.710. The van der Waals surface area contributed by atoms with Crippen molar-refractivity contribution in [1.29, 1.82) is 0 Å². The lowest BCUT2D eigenvalue weighted by Crippen LogP contribution is -2.17. The van der Waals surface area contributed by atoms with Crippen LogP contribution < -0.4 is 11.1 Å². The molecule has 2 aromatic carbocycles. The fourth-order valence-electron chi connectivity index (χ4n) is 2.85. The van der Waals surface area contributed by atoms with E-state index in [1.807, 2.05) is 42.5 Å². The zero-order chi connectivity index (χ0) is 19.7. The molecule has 4 aromatic rings. The number of amides is 2. The van der Waals surface area contributed by atoms with Gasteiger partial charge in [-0.3, -0.25) is 14.0 Å². The van der Waals surface area contributed by atoms with Crippen molar-refractivity contribution >= 4 is 39.1 Å². The van der Waals surface area contributed by atoms with Crippen molar-refractivity contribution in [2.75, 3.05) is 5.32 Å². The van der Waals surface area contributed by atoms with Gasteiger partial charge in [0.05, 0.1) is 5.69 Å². The number of carbonyl (C=O) groups excluding carboxylic acids is 2. The summed E-state index contributed by atoms with van der Waals surface area (Å²) in [7, 11) is 0. The minimum absolute atomic E-state index is 0.00860. The number of benzene rings is 2. The molecule has 2 amide bonds. The molecule has 2 heterocycles. The molecule has 0 aliphatic heterocycles. The molecule has 7 nitrogen and oxygen atoms in total. The zero-order valence-electron chi connectivity index (χ0n) is 14.5. The highest BCUT2D eigenvalue weighted by atomic mass is 79.9. The molecule has 138 valence electrons. The van der Waals surface area contributed by atoms with E-state index in [2.05, 4.69) is 31.2 Å². The zero-order valence-corrected chi connectivity index (χ0v) is 16.1. The second kappa shape index (κ2) is 7.24. The second-order valence-electron chi connectivity index (χ2n) is 6.01. The minimum Gasteiger partial charge on any atom is -0.364 e. The Morgan fingerprint density at radius 1 is 1.04 bits per heavy atom. The van der Waals surface area contributed by atoms with E-state index in [1.54, 1.807) is 22.6 Å². The molecule has 0 atom stereocenters. The summed E-state index contributed by atoms with van der Waals surface area (Å²) in [6.07, 6.45) is 1.47. The van der Waals surface area contributed by atoms with Crippen LogP contribution in [0.2, 0.25) is 0 Å². The number of nitrogens with two attached hydrogens (primary N) is 1. The van der Waals surface area contributed by atoms with Gasteiger partial charge < -0.3 is 11.1 Å². The van der Waals surface area contributed by atoms with Crippen LogP contribution in [0.15, 0.2) is 71.5 Å². The Morgan fingerprint density at radius 3 is 2.54 bits per heavy atom. The highest BCUT2D eigenvalue weighted by Crippen LogP contribution is 2.23. The second-order valence-corrected chi connectivity index (χ2v) is 6.92. The first-order valence-electron chi connectivity index (χ1n) is 8.33. The standard InChI is InChI=1S/C20H14BrN5O2/c21-13-7-4-8-14(9-13)24-20(28)15-10-16(12-5-2-1-3-6-12)26-11-23-17(18(22)27)19(26)25-15/h1-11H,(H2,22,27)(H,24,28). The Hall–Kier alpha value is -3.52. The highest BCUT2D eigenvalue weighted by molar-refractivity contribution is 9.10. The number of halogens is 1. The van der Waals surface area contributed by atoms with E-state index in [0.717, 1.165) is 10.0 Å². The van der Waals surface area contributed by atoms with Crippen LogP contribution in [0.3, 0.4) is 0 Å². The number of imidazole rings is 1. The molecule has 0 radical (unpaired) electrons. The van der Waals surface area contributed by atoms with Crippen LogP contribution in [0.25, 0.3) is 16.9 Å². The average Bonchev–Trinajstić information content (AvgIpc) is 3.12. The summed E-state index contributed by atoms with van der Waals surface area (Å²) in [6, 6.07) is 18.3. The SMILES string of the molecule is NC(=O)c1ncn2c(-c3ccccc3)cc(C(=O)Nc3cccc(Br)c3)nc12. The molecule has 3 N–H and O–H groups in total. The van der Waals surface area contributed by atoms with Gasteiger partial charge in [0.1, 0.15) is 12.0 Å². The normalized spacial score (nSPS) is 10.8. The molecule has 0 saturated heterocycles. The fraction of sp³-hybridized carbons (Fsp3) is 0. The van der Waals surface area contributed by atoms with Crippen molar-refractivity contribution < 1.29 is 9.59 Å². The maximum atomic E-state index is 12.8. The van der Waals surface area contributed by atoms with E-state index < -0.39 is 11.8 Å². The van der Waals surface area contributed by atoms with Crippen LogP contribution in [0, 0.1) is 0 Å². The Balaban J connectivity index is 1.85. The van der Waals surface area contributed by atoms with E-state index in [4.69, 9.17) is 5.73 Å². The van der Waals surface area contributed by atoms with Gasteiger partial charge in [0.25, 0.3) is 11.8 Å².